The molecule has 4 heteroatoms. The van der Waals surface area contributed by atoms with Crippen LogP contribution in [0, 0.1) is 0 Å². The van der Waals surface area contributed by atoms with E-state index >= 15 is 0 Å². The fraction of sp³-hybridized carbons (Fsp3) is 0.333. The Bertz CT molecular complexity index is 284. The Hall–Kier alpha value is -0.770. The molecule has 0 saturated carbocycles. The van der Waals surface area contributed by atoms with Gasteiger partial charge in [0.1, 0.15) is 0 Å². The molecule has 1 saturated heterocycles. The van der Waals surface area contributed by atoms with Crippen LogP contribution in [0.15, 0.2) is 24.3 Å². The third kappa shape index (κ3) is 2.12. The fourth-order valence-corrected chi connectivity index (χ4v) is 1.56. The van der Waals surface area contributed by atoms with Crippen molar-refractivity contribution in [2.75, 3.05) is 24.8 Å². The van der Waals surface area contributed by atoms with Gasteiger partial charge in [-0.3, -0.25) is 0 Å². The maximum Gasteiger partial charge on any atom is 0.0641 e. The topological polar surface area (TPSA) is 27.3 Å². The molecule has 0 aliphatic carbocycles. The molecule has 1 aliphatic heterocycles. The maximum absolute atomic E-state index is 5.89. The van der Waals surface area contributed by atoms with E-state index in [1.165, 1.54) is 0 Å². The Morgan fingerprint density at radius 2 is 2.31 bits per heavy atom. The summed E-state index contributed by atoms with van der Waals surface area (Å²) in [5.41, 5.74) is 4.35. The van der Waals surface area contributed by atoms with Crippen LogP contribution < -0.4 is 15.8 Å². The van der Waals surface area contributed by atoms with Crippen molar-refractivity contribution in [1.29, 1.82) is 0 Å². The van der Waals surface area contributed by atoms with Crippen LogP contribution in [0.5, 0.6) is 0 Å². The molecule has 1 heterocycles. The Balaban J connectivity index is 2.14. The Labute approximate surface area is 82.7 Å². The van der Waals surface area contributed by atoms with Gasteiger partial charge in [-0.15, -0.1) is 0 Å². The molecule has 0 amide bonds. The predicted molar refractivity (Wildman–Crippen MR) is 54.8 cm³/mol. The van der Waals surface area contributed by atoms with Gasteiger partial charge in [0.05, 0.1) is 12.4 Å². The van der Waals surface area contributed by atoms with Gasteiger partial charge in [0.2, 0.25) is 0 Å². The minimum Gasteiger partial charge on any atom is -0.306 e. The van der Waals surface area contributed by atoms with Gasteiger partial charge in [0.25, 0.3) is 0 Å². The summed E-state index contributed by atoms with van der Waals surface area (Å²) in [5, 5.41) is 6.09. The molecule has 0 bridgehead atoms. The second-order valence-electron chi connectivity index (χ2n) is 2.97. The van der Waals surface area contributed by atoms with Gasteiger partial charge in [0.15, 0.2) is 0 Å². The molecule has 1 aromatic rings. The third-order valence-corrected chi connectivity index (χ3v) is 2.26. The van der Waals surface area contributed by atoms with E-state index in [9.17, 15) is 0 Å². The molecule has 0 radical (unpaired) electrons. The zero-order valence-electron chi connectivity index (χ0n) is 7.26. The Morgan fingerprint density at radius 1 is 1.38 bits per heavy atom. The van der Waals surface area contributed by atoms with Crippen LogP contribution in [0.4, 0.5) is 5.69 Å². The van der Waals surface area contributed by atoms with Crippen molar-refractivity contribution in [3.8, 4) is 0 Å². The first-order valence-corrected chi connectivity index (χ1v) is 4.71. The van der Waals surface area contributed by atoms with E-state index in [-0.39, 0.29) is 0 Å². The van der Waals surface area contributed by atoms with E-state index in [1.54, 1.807) is 0 Å². The molecule has 1 fully saturated rings. The minimum atomic E-state index is 0.776. The first kappa shape index (κ1) is 8.81. The van der Waals surface area contributed by atoms with E-state index < -0.39 is 0 Å². The highest BCUT2D eigenvalue weighted by molar-refractivity contribution is 6.30. The van der Waals surface area contributed by atoms with Gasteiger partial charge in [0, 0.05) is 18.1 Å². The van der Waals surface area contributed by atoms with Crippen LogP contribution in [0.2, 0.25) is 5.02 Å². The van der Waals surface area contributed by atoms with E-state index in [1.807, 2.05) is 24.3 Å². The molecule has 1 aliphatic rings. The van der Waals surface area contributed by atoms with Crippen LogP contribution in [0.1, 0.15) is 0 Å². The van der Waals surface area contributed by atoms with E-state index in [0.717, 1.165) is 30.5 Å². The van der Waals surface area contributed by atoms with Crippen molar-refractivity contribution in [2.24, 2.45) is 0 Å². The van der Waals surface area contributed by atoms with E-state index in [0.29, 0.717) is 0 Å². The summed E-state index contributed by atoms with van der Waals surface area (Å²) in [4.78, 5) is 0. The van der Waals surface area contributed by atoms with Crippen molar-refractivity contribution in [3.63, 3.8) is 0 Å². The highest BCUT2D eigenvalue weighted by Gasteiger charge is 2.08. The van der Waals surface area contributed by atoms with Gasteiger partial charge in [-0.25, -0.2) is 5.43 Å². The summed E-state index contributed by atoms with van der Waals surface area (Å²) in [5.74, 6) is 0. The number of anilines is 1. The molecule has 2 N–H and O–H groups in total. The largest absolute Gasteiger partial charge is 0.306 e. The third-order valence-electron chi connectivity index (χ3n) is 2.03. The molecule has 13 heavy (non-hydrogen) atoms. The number of hydrazine groups is 1. The van der Waals surface area contributed by atoms with E-state index in [2.05, 4.69) is 15.8 Å². The summed E-state index contributed by atoms with van der Waals surface area (Å²) in [6.45, 7) is 2.77. The fourth-order valence-electron chi connectivity index (χ4n) is 1.37. The average Bonchev–Trinajstić information content (AvgIpc) is 2.19. The zero-order chi connectivity index (χ0) is 9.10. The Morgan fingerprint density at radius 3 is 3.00 bits per heavy atom. The summed E-state index contributed by atoms with van der Waals surface area (Å²) < 4.78 is 0. The first-order valence-electron chi connectivity index (χ1n) is 4.33. The van der Waals surface area contributed by atoms with Gasteiger partial charge < -0.3 is 10.3 Å². The summed E-state index contributed by atoms with van der Waals surface area (Å²) >= 11 is 5.89. The van der Waals surface area contributed by atoms with Crippen molar-refractivity contribution in [3.05, 3.63) is 29.3 Å². The number of hydrogen-bond donors (Lipinski definition) is 2. The minimum absolute atomic E-state index is 0.776. The molecule has 2 rings (SSSR count). The quantitative estimate of drug-likeness (QED) is 0.709. The van der Waals surface area contributed by atoms with Crippen molar-refractivity contribution in [1.82, 2.24) is 10.7 Å². The number of nitrogens with one attached hydrogen (secondary N) is 2. The van der Waals surface area contributed by atoms with Gasteiger partial charge in [-0.2, -0.15) is 0 Å². The predicted octanol–water partition coefficient (Wildman–Crippen LogP) is 1.21. The van der Waals surface area contributed by atoms with Crippen LogP contribution in [-0.2, 0) is 0 Å². The van der Waals surface area contributed by atoms with Crippen LogP contribution in [0.25, 0.3) is 0 Å². The van der Waals surface area contributed by atoms with Crippen LogP contribution in [-0.4, -0.2) is 19.8 Å². The molecule has 70 valence electrons. The van der Waals surface area contributed by atoms with Crippen molar-refractivity contribution >= 4 is 17.3 Å². The molecule has 0 spiro atoms. The lowest BCUT2D eigenvalue weighted by molar-refractivity contribution is 0.487. The number of nitrogens with zero attached hydrogens (tertiary/aromatic N) is 1. The molecular formula is C9H12ClN3. The number of halogens is 1. The number of hydrogen-bond acceptors (Lipinski definition) is 3. The monoisotopic (exact) mass is 197 g/mol. The summed E-state index contributed by atoms with van der Waals surface area (Å²) in [6, 6.07) is 7.85. The number of benzene rings is 1. The smallest absolute Gasteiger partial charge is 0.0641 e. The molecular weight excluding hydrogens is 186 g/mol. The molecule has 0 atom stereocenters. The second-order valence-corrected chi connectivity index (χ2v) is 3.40. The molecule has 0 unspecified atom stereocenters. The van der Waals surface area contributed by atoms with Gasteiger partial charge in [-0.1, -0.05) is 17.7 Å². The molecule has 1 aromatic carbocycles. The maximum atomic E-state index is 5.89. The normalized spacial score (nSPS) is 17.5. The highest BCUT2D eigenvalue weighted by Crippen LogP contribution is 2.17. The lowest BCUT2D eigenvalue weighted by atomic mass is 10.3. The molecule has 0 aromatic heterocycles. The summed E-state index contributed by atoms with van der Waals surface area (Å²) in [7, 11) is 0. The SMILES string of the molecule is Clc1cccc(N2CCNCN2)c1. The van der Waals surface area contributed by atoms with E-state index in [4.69, 9.17) is 11.6 Å². The van der Waals surface area contributed by atoms with Gasteiger partial charge in [-0.05, 0) is 18.2 Å². The first-order chi connectivity index (χ1) is 6.36. The van der Waals surface area contributed by atoms with Crippen molar-refractivity contribution < 1.29 is 0 Å². The lowest BCUT2D eigenvalue weighted by Crippen LogP contribution is -2.52. The van der Waals surface area contributed by atoms with Crippen LogP contribution >= 0.6 is 11.6 Å². The van der Waals surface area contributed by atoms with Crippen LogP contribution in [0.3, 0.4) is 0 Å². The zero-order valence-corrected chi connectivity index (χ0v) is 8.01. The lowest BCUT2D eigenvalue weighted by Gasteiger charge is -2.30. The molecule has 3 nitrogen and oxygen atoms in total. The highest BCUT2D eigenvalue weighted by atomic mass is 35.5. The standard InChI is InChI=1S/C9H12ClN3/c10-8-2-1-3-9(6-8)13-5-4-11-7-12-13/h1-3,6,11-12H,4-5,7H2. The average molecular weight is 198 g/mol. The Kier molecular flexibility index (Phi) is 2.68. The van der Waals surface area contributed by atoms with Crippen molar-refractivity contribution in [2.45, 2.75) is 0 Å². The number of rotatable bonds is 1. The second kappa shape index (κ2) is 3.96. The van der Waals surface area contributed by atoms with Gasteiger partial charge >= 0.3 is 0 Å². The summed E-state index contributed by atoms with van der Waals surface area (Å²) in [6.07, 6.45) is 0.